The molecule has 68 valence electrons. The molecule has 1 aromatic rings. The molecule has 0 saturated heterocycles. The van der Waals surface area contributed by atoms with Crippen molar-refractivity contribution in [2.24, 2.45) is 4.99 Å². The SMILES string of the molecule is C1=CN2C(=CS1)C=Nc1cccnc12. The van der Waals surface area contributed by atoms with Crippen molar-refractivity contribution in [3.63, 3.8) is 0 Å². The summed E-state index contributed by atoms with van der Waals surface area (Å²) >= 11 is 1.65. The minimum Gasteiger partial charge on any atom is -0.297 e. The van der Waals surface area contributed by atoms with Crippen molar-refractivity contribution < 1.29 is 0 Å². The Hall–Kier alpha value is -1.55. The van der Waals surface area contributed by atoms with Crippen LogP contribution in [0, 0.1) is 0 Å². The van der Waals surface area contributed by atoms with Gasteiger partial charge in [-0.3, -0.25) is 9.89 Å². The lowest BCUT2D eigenvalue weighted by Gasteiger charge is -2.26. The number of fused-ring (bicyclic) bond motifs is 3. The van der Waals surface area contributed by atoms with Gasteiger partial charge < -0.3 is 0 Å². The first kappa shape index (κ1) is 7.82. The number of rotatable bonds is 0. The van der Waals surface area contributed by atoms with E-state index in [1.807, 2.05) is 34.9 Å². The molecule has 0 aliphatic carbocycles. The van der Waals surface area contributed by atoms with Crippen LogP contribution in [-0.4, -0.2) is 11.2 Å². The third-order valence-corrected chi connectivity index (χ3v) is 2.74. The Bertz CT molecular complexity index is 462. The molecule has 0 fully saturated rings. The van der Waals surface area contributed by atoms with Crippen LogP contribution in [0.5, 0.6) is 0 Å². The van der Waals surface area contributed by atoms with Gasteiger partial charge in [0.05, 0.1) is 11.9 Å². The first-order chi connectivity index (χ1) is 6.95. The minimum absolute atomic E-state index is 0.901. The highest BCUT2D eigenvalue weighted by Crippen LogP contribution is 2.34. The highest BCUT2D eigenvalue weighted by atomic mass is 32.2. The summed E-state index contributed by atoms with van der Waals surface area (Å²) in [5.74, 6) is 0.901. The number of anilines is 1. The maximum Gasteiger partial charge on any atom is 0.163 e. The Morgan fingerprint density at radius 1 is 1.36 bits per heavy atom. The molecule has 14 heavy (non-hydrogen) atoms. The van der Waals surface area contributed by atoms with Crippen molar-refractivity contribution in [1.29, 1.82) is 0 Å². The second-order valence-corrected chi connectivity index (χ2v) is 3.72. The van der Waals surface area contributed by atoms with E-state index in [0.717, 1.165) is 17.2 Å². The Labute approximate surface area is 85.9 Å². The Morgan fingerprint density at radius 3 is 3.36 bits per heavy atom. The molecule has 0 amide bonds. The average molecular weight is 201 g/mol. The number of allylic oxidation sites excluding steroid dienone is 1. The number of aromatic nitrogens is 1. The number of pyridine rings is 1. The fourth-order valence-electron chi connectivity index (χ4n) is 1.44. The molecule has 0 bridgehead atoms. The van der Waals surface area contributed by atoms with E-state index in [9.17, 15) is 0 Å². The molecule has 4 heteroatoms. The number of aliphatic imine (C=N–C) groups is 1. The van der Waals surface area contributed by atoms with Crippen LogP contribution in [0.1, 0.15) is 0 Å². The van der Waals surface area contributed by atoms with Crippen LogP contribution in [0.15, 0.2) is 46.0 Å². The summed E-state index contributed by atoms with van der Waals surface area (Å²) in [6.45, 7) is 0. The smallest absolute Gasteiger partial charge is 0.163 e. The van der Waals surface area contributed by atoms with Crippen molar-refractivity contribution in [3.8, 4) is 0 Å². The van der Waals surface area contributed by atoms with Crippen LogP contribution in [0.2, 0.25) is 0 Å². The molecule has 0 unspecified atom stereocenters. The van der Waals surface area contributed by atoms with E-state index in [2.05, 4.69) is 15.4 Å². The van der Waals surface area contributed by atoms with Crippen molar-refractivity contribution >= 4 is 29.5 Å². The van der Waals surface area contributed by atoms with Crippen molar-refractivity contribution in [2.45, 2.75) is 0 Å². The van der Waals surface area contributed by atoms with E-state index in [-0.39, 0.29) is 0 Å². The van der Waals surface area contributed by atoms with Gasteiger partial charge in [-0.15, -0.1) is 11.8 Å². The third kappa shape index (κ3) is 1.08. The summed E-state index contributed by atoms with van der Waals surface area (Å²) in [5.41, 5.74) is 1.99. The molecule has 0 spiro atoms. The predicted octanol–water partition coefficient (Wildman–Crippen LogP) is 2.66. The van der Waals surface area contributed by atoms with Gasteiger partial charge >= 0.3 is 0 Å². The normalized spacial score (nSPS) is 17.4. The summed E-state index contributed by atoms with van der Waals surface area (Å²) in [4.78, 5) is 10.7. The van der Waals surface area contributed by atoms with Crippen molar-refractivity contribution in [1.82, 2.24) is 4.98 Å². The van der Waals surface area contributed by atoms with E-state index in [0.29, 0.717) is 0 Å². The van der Waals surface area contributed by atoms with E-state index in [1.165, 1.54) is 0 Å². The standard InChI is InChI=1S/C10H7N3S/c1-2-9-10(11-3-1)13-4-5-14-7-8(13)6-12-9/h1-7H. The third-order valence-electron chi connectivity index (χ3n) is 2.09. The summed E-state index contributed by atoms with van der Waals surface area (Å²) in [6.07, 6.45) is 5.66. The molecule has 0 atom stereocenters. The lowest BCUT2D eigenvalue weighted by atomic mass is 10.3. The van der Waals surface area contributed by atoms with Gasteiger partial charge in [0.15, 0.2) is 5.82 Å². The van der Waals surface area contributed by atoms with E-state index >= 15 is 0 Å². The number of nitrogens with zero attached hydrogens (tertiary/aromatic N) is 3. The summed E-state index contributed by atoms with van der Waals surface area (Å²) in [5, 5.41) is 4.09. The molecule has 3 nitrogen and oxygen atoms in total. The second-order valence-electron chi connectivity index (χ2n) is 2.94. The molecule has 0 saturated carbocycles. The molecule has 1 aromatic heterocycles. The molecule has 0 aromatic carbocycles. The number of hydrogen-bond acceptors (Lipinski definition) is 4. The fraction of sp³-hybridized carbons (Fsp3) is 0. The number of thioether (sulfide) groups is 1. The average Bonchev–Trinajstić information content (AvgIpc) is 2.29. The highest BCUT2D eigenvalue weighted by molar-refractivity contribution is 8.05. The molecular weight excluding hydrogens is 194 g/mol. The predicted molar refractivity (Wildman–Crippen MR) is 59.7 cm³/mol. The van der Waals surface area contributed by atoms with Gasteiger partial charge in [-0.05, 0) is 17.5 Å². The Morgan fingerprint density at radius 2 is 2.36 bits per heavy atom. The van der Waals surface area contributed by atoms with E-state index in [1.54, 1.807) is 18.0 Å². The second kappa shape index (κ2) is 2.99. The lowest BCUT2D eigenvalue weighted by molar-refractivity contribution is 1.12. The topological polar surface area (TPSA) is 28.5 Å². The van der Waals surface area contributed by atoms with Gasteiger partial charge in [-0.25, -0.2) is 4.98 Å². The first-order valence-corrected chi connectivity index (χ1v) is 5.20. The molecule has 2 aliphatic rings. The molecule has 0 N–H and O–H groups in total. The van der Waals surface area contributed by atoms with E-state index < -0.39 is 0 Å². The van der Waals surface area contributed by atoms with Crippen LogP contribution in [0.4, 0.5) is 11.5 Å². The fourth-order valence-corrected chi connectivity index (χ4v) is 2.03. The molecule has 0 radical (unpaired) electrons. The Kier molecular flexibility index (Phi) is 1.67. The van der Waals surface area contributed by atoms with Crippen LogP contribution in [0.25, 0.3) is 0 Å². The van der Waals surface area contributed by atoms with Crippen LogP contribution < -0.4 is 4.90 Å². The van der Waals surface area contributed by atoms with Gasteiger partial charge in [0.1, 0.15) is 5.69 Å². The summed E-state index contributed by atoms with van der Waals surface area (Å²) in [7, 11) is 0. The van der Waals surface area contributed by atoms with Gasteiger partial charge in [0.25, 0.3) is 0 Å². The number of hydrogen-bond donors (Lipinski definition) is 0. The van der Waals surface area contributed by atoms with Gasteiger partial charge in [0, 0.05) is 17.8 Å². The molecular formula is C10H7N3S. The molecule has 3 heterocycles. The van der Waals surface area contributed by atoms with Crippen molar-refractivity contribution in [2.75, 3.05) is 4.90 Å². The van der Waals surface area contributed by atoms with Crippen LogP contribution in [0.3, 0.4) is 0 Å². The molecule has 2 aliphatic heterocycles. The summed E-state index contributed by atoms with van der Waals surface area (Å²) in [6, 6.07) is 3.86. The monoisotopic (exact) mass is 201 g/mol. The van der Waals surface area contributed by atoms with Crippen LogP contribution >= 0.6 is 11.8 Å². The zero-order valence-corrected chi connectivity index (χ0v) is 8.11. The zero-order chi connectivity index (χ0) is 9.38. The molecule has 3 rings (SSSR count). The maximum atomic E-state index is 4.33. The highest BCUT2D eigenvalue weighted by Gasteiger charge is 2.18. The minimum atomic E-state index is 0.901. The van der Waals surface area contributed by atoms with E-state index in [4.69, 9.17) is 0 Å². The van der Waals surface area contributed by atoms with Crippen LogP contribution in [-0.2, 0) is 0 Å². The Balaban J connectivity index is 2.19. The quantitative estimate of drug-likeness (QED) is 0.646. The zero-order valence-electron chi connectivity index (χ0n) is 7.29. The lowest BCUT2D eigenvalue weighted by Crippen LogP contribution is -2.21. The maximum absolute atomic E-state index is 4.33. The van der Waals surface area contributed by atoms with Gasteiger partial charge in [0.2, 0.25) is 0 Å². The first-order valence-electron chi connectivity index (χ1n) is 4.26. The summed E-state index contributed by atoms with van der Waals surface area (Å²) < 4.78 is 0. The van der Waals surface area contributed by atoms with Gasteiger partial charge in [-0.2, -0.15) is 0 Å². The van der Waals surface area contributed by atoms with Crippen molar-refractivity contribution in [3.05, 3.63) is 41.0 Å². The van der Waals surface area contributed by atoms with Gasteiger partial charge in [-0.1, -0.05) is 0 Å². The largest absolute Gasteiger partial charge is 0.297 e.